The van der Waals surface area contributed by atoms with Gasteiger partial charge in [-0.15, -0.1) is 0 Å². The lowest BCUT2D eigenvalue weighted by Crippen LogP contribution is -2.14. The number of fused-ring (bicyclic) bond motifs is 1. The number of imidazole rings is 1. The number of aromatic nitrogens is 3. The first-order valence-corrected chi connectivity index (χ1v) is 5.87. The number of halogens is 1. The molecule has 0 fully saturated rings. The molecular weight excluding hydrogens is 282 g/mol. The maximum atomic E-state index is 11.6. The highest BCUT2D eigenvalue weighted by atomic mass is 79.9. The van der Waals surface area contributed by atoms with E-state index in [1.54, 1.807) is 12.4 Å². The number of aromatic amines is 1. The molecule has 0 aliphatic rings. The van der Waals surface area contributed by atoms with Crippen LogP contribution in [-0.2, 0) is 0 Å². The molecule has 0 saturated carbocycles. The van der Waals surface area contributed by atoms with Crippen molar-refractivity contribution in [2.45, 2.75) is 0 Å². The van der Waals surface area contributed by atoms with Gasteiger partial charge in [0.05, 0.1) is 10.2 Å². The van der Waals surface area contributed by atoms with Crippen molar-refractivity contribution >= 4 is 21.6 Å². The van der Waals surface area contributed by atoms with Crippen LogP contribution in [0.3, 0.4) is 0 Å². The van der Waals surface area contributed by atoms with Crippen LogP contribution in [0.25, 0.3) is 16.9 Å². The summed E-state index contributed by atoms with van der Waals surface area (Å²) in [5, 5.41) is 0. The molecule has 2 aromatic heterocycles. The molecule has 17 heavy (non-hydrogen) atoms. The second-order valence-electron chi connectivity index (χ2n) is 3.63. The van der Waals surface area contributed by atoms with E-state index < -0.39 is 0 Å². The summed E-state index contributed by atoms with van der Waals surface area (Å²) in [7, 11) is 0. The van der Waals surface area contributed by atoms with Crippen molar-refractivity contribution in [3.63, 3.8) is 0 Å². The van der Waals surface area contributed by atoms with Crippen molar-refractivity contribution in [3.05, 3.63) is 57.7 Å². The van der Waals surface area contributed by atoms with E-state index in [0.717, 1.165) is 15.7 Å². The van der Waals surface area contributed by atoms with E-state index in [-0.39, 0.29) is 5.69 Å². The number of hydrogen-bond donors (Lipinski definition) is 1. The smallest absolute Gasteiger partial charge is 0.313 e. The molecule has 0 saturated heterocycles. The van der Waals surface area contributed by atoms with Gasteiger partial charge in [0.2, 0.25) is 0 Å². The molecule has 1 N–H and O–H groups in total. The fourth-order valence-corrected chi connectivity index (χ4v) is 2.10. The Kier molecular flexibility index (Phi) is 2.33. The van der Waals surface area contributed by atoms with Gasteiger partial charge in [0.25, 0.3) is 0 Å². The van der Waals surface area contributed by atoms with Gasteiger partial charge in [0.1, 0.15) is 0 Å². The topological polar surface area (TPSA) is 50.2 Å². The van der Waals surface area contributed by atoms with Crippen LogP contribution in [0.5, 0.6) is 0 Å². The monoisotopic (exact) mass is 289 g/mol. The molecule has 5 heteroatoms. The fraction of sp³-hybridized carbons (Fsp3) is 0. The highest BCUT2D eigenvalue weighted by Crippen LogP contribution is 2.21. The van der Waals surface area contributed by atoms with Crippen LogP contribution >= 0.6 is 15.9 Å². The molecular formula is C12H8BrN3O. The summed E-state index contributed by atoms with van der Waals surface area (Å²) in [6.07, 6.45) is 3.33. The molecule has 0 amide bonds. The summed E-state index contributed by atoms with van der Waals surface area (Å²) in [6, 6.07) is 9.76. The molecule has 3 rings (SSSR count). The second-order valence-corrected chi connectivity index (χ2v) is 4.48. The summed E-state index contributed by atoms with van der Waals surface area (Å²) in [5.41, 5.74) is 2.19. The molecule has 0 spiro atoms. The van der Waals surface area contributed by atoms with Crippen LogP contribution in [0.2, 0.25) is 0 Å². The van der Waals surface area contributed by atoms with E-state index >= 15 is 0 Å². The Hall–Kier alpha value is -1.88. The zero-order chi connectivity index (χ0) is 11.8. The maximum Gasteiger partial charge on any atom is 0.331 e. The molecule has 0 bridgehead atoms. The van der Waals surface area contributed by atoms with Crippen LogP contribution in [0.1, 0.15) is 0 Å². The lowest BCUT2D eigenvalue weighted by atomic mass is 10.2. The Morgan fingerprint density at radius 3 is 2.71 bits per heavy atom. The molecule has 84 valence electrons. The van der Waals surface area contributed by atoms with Gasteiger partial charge in [-0.3, -0.25) is 0 Å². The Morgan fingerprint density at radius 1 is 1.24 bits per heavy atom. The molecule has 0 radical (unpaired) electrons. The minimum atomic E-state index is -0.196. The average molecular weight is 290 g/mol. The Labute approximate surface area is 105 Å². The Balaban J connectivity index is 2.31. The van der Waals surface area contributed by atoms with E-state index in [1.807, 2.05) is 30.3 Å². The predicted molar refractivity (Wildman–Crippen MR) is 68.9 cm³/mol. The van der Waals surface area contributed by atoms with Gasteiger partial charge < -0.3 is 4.98 Å². The highest BCUT2D eigenvalue weighted by Gasteiger charge is 2.08. The molecule has 1 aromatic carbocycles. The molecule has 2 heterocycles. The summed E-state index contributed by atoms with van der Waals surface area (Å²) >= 11 is 3.36. The van der Waals surface area contributed by atoms with Gasteiger partial charge in [-0.1, -0.05) is 30.3 Å². The van der Waals surface area contributed by atoms with Crippen LogP contribution in [0.15, 0.2) is 52.0 Å². The van der Waals surface area contributed by atoms with Crippen LogP contribution in [0, 0.1) is 0 Å². The van der Waals surface area contributed by atoms with Gasteiger partial charge in [-0.25, -0.2) is 14.2 Å². The lowest BCUT2D eigenvalue weighted by molar-refractivity contribution is 0.996. The van der Waals surface area contributed by atoms with Gasteiger partial charge in [-0.05, 0) is 15.9 Å². The van der Waals surface area contributed by atoms with Crippen LogP contribution in [0.4, 0.5) is 0 Å². The summed E-state index contributed by atoms with van der Waals surface area (Å²) < 4.78 is 2.26. The number of nitrogens with zero attached hydrogens (tertiary/aromatic N) is 2. The van der Waals surface area contributed by atoms with Crippen molar-refractivity contribution in [3.8, 4) is 11.3 Å². The number of rotatable bonds is 1. The number of nitrogens with one attached hydrogen (secondary N) is 1. The van der Waals surface area contributed by atoms with Crippen molar-refractivity contribution < 1.29 is 0 Å². The van der Waals surface area contributed by atoms with Crippen LogP contribution < -0.4 is 5.69 Å². The standard InChI is InChI=1S/C12H8BrN3O/c13-9-6-14-12(17)16-7-10(15-11(9)16)8-4-2-1-3-5-8/h1-7H,(H,14,17). The first kappa shape index (κ1) is 10.3. The number of hydrogen-bond acceptors (Lipinski definition) is 2. The van der Waals surface area contributed by atoms with Crippen LogP contribution in [-0.4, -0.2) is 14.4 Å². The molecule has 0 aliphatic heterocycles. The average Bonchev–Trinajstić information content (AvgIpc) is 2.81. The van der Waals surface area contributed by atoms with Crippen molar-refractivity contribution in [1.82, 2.24) is 14.4 Å². The van der Waals surface area contributed by atoms with E-state index in [4.69, 9.17) is 0 Å². The quantitative estimate of drug-likeness (QED) is 0.748. The fourth-order valence-electron chi connectivity index (χ4n) is 1.71. The third-order valence-electron chi connectivity index (χ3n) is 2.53. The van der Waals surface area contributed by atoms with Gasteiger partial charge >= 0.3 is 5.69 Å². The largest absolute Gasteiger partial charge is 0.331 e. The normalized spacial score (nSPS) is 10.9. The zero-order valence-corrected chi connectivity index (χ0v) is 10.3. The second kappa shape index (κ2) is 3.85. The lowest BCUT2D eigenvalue weighted by Gasteiger charge is -1.92. The highest BCUT2D eigenvalue weighted by molar-refractivity contribution is 9.10. The minimum Gasteiger partial charge on any atom is -0.313 e. The molecule has 4 nitrogen and oxygen atoms in total. The van der Waals surface area contributed by atoms with E-state index in [0.29, 0.717) is 5.65 Å². The molecule has 0 atom stereocenters. The molecule has 0 unspecified atom stereocenters. The summed E-state index contributed by atoms with van der Waals surface area (Å²) in [4.78, 5) is 18.7. The minimum absolute atomic E-state index is 0.196. The van der Waals surface area contributed by atoms with Crippen molar-refractivity contribution in [2.75, 3.05) is 0 Å². The predicted octanol–water partition coefficient (Wildman–Crippen LogP) is 2.45. The van der Waals surface area contributed by atoms with E-state index in [2.05, 4.69) is 25.9 Å². The first-order chi connectivity index (χ1) is 8.25. The molecule has 3 aromatic rings. The molecule has 0 aliphatic carbocycles. The Morgan fingerprint density at radius 2 is 2.00 bits per heavy atom. The summed E-state index contributed by atoms with van der Waals surface area (Å²) in [5.74, 6) is 0. The SMILES string of the molecule is O=c1[nH]cc(Br)c2nc(-c3ccccc3)cn12. The van der Waals surface area contributed by atoms with Gasteiger partial charge in [0, 0.05) is 18.0 Å². The third-order valence-corrected chi connectivity index (χ3v) is 3.11. The van der Waals surface area contributed by atoms with Gasteiger partial charge in [0.15, 0.2) is 5.65 Å². The third kappa shape index (κ3) is 1.68. The van der Waals surface area contributed by atoms with Crippen molar-refractivity contribution in [2.24, 2.45) is 0 Å². The zero-order valence-electron chi connectivity index (χ0n) is 8.72. The number of benzene rings is 1. The Bertz CT molecular complexity index is 730. The summed E-state index contributed by atoms with van der Waals surface area (Å²) in [6.45, 7) is 0. The van der Waals surface area contributed by atoms with E-state index in [1.165, 1.54) is 4.40 Å². The van der Waals surface area contributed by atoms with E-state index in [9.17, 15) is 4.79 Å². The number of H-pyrrole nitrogens is 1. The van der Waals surface area contributed by atoms with Gasteiger partial charge in [-0.2, -0.15) is 0 Å². The first-order valence-electron chi connectivity index (χ1n) is 5.07. The van der Waals surface area contributed by atoms with Crippen molar-refractivity contribution in [1.29, 1.82) is 0 Å². The maximum absolute atomic E-state index is 11.6.